The normalized spacial score (nSPS) is 11.7. The van der Waals surface area contributed by atoms with Crippen molar-refractivity contribution in [3.63, 3.8) is 0 Å². The maximum absolute atomic E-state index is 4.30. The molecule has 1 rings (SSSR count). The highest BCUT2D eigenvalue weighted by Gasteiger charge is 2.04. The van der Waals surface area contributed by atoms with E-state index in [2.05, 4.69) is 40.5 Å². The minimum absolute atomic E-state index is 0.942. The quantitative estimate of drug-likeness (QED) is 0.463. The SMILES string of the molecule is CCCCN(C)C(=NC)NCCCc1cnn(C)c1. The summed E-state index contributed by atoms with van der Waals surface area (Å²) < 4.78 is 1.85. The Morgan fingerprint density at radius 3 is 2.84 bits per heavy atom. The predicted molar refractivity (Wildman–Crippen MR) is 80.4 cm³/mol. The number of aliphatic imine (C=N–C) groups is 1. The van der Waals surface area contributed by atoms with E-state index >= 15 is 0 Å². The van der Waals surface area contributed by atoms with Crippen LogP contribution in [0, 0.1) is 0 Å². The Kier molecular flexibility index (Phi) is 7.00. The lowest BCUT2D eigenvalue weighted by Gasteiger charge is -2.21. The number of nitrogens with one attached hydrogen (secondary N) is 1. The largest absolute Gasteiger partial charge is 0.356 e. The number of nitrogens with zero attached hydrogens (tertiary/aromatic N) is 4. The van der Waals surface area contributed by atoms with Crippen LogP contribution in [0.4, 0.5) is 0 Å². The van der Waals surface area contributed by atoms with Gasteiger partial charge in [-0.25, -0.2) is 0 Å². The summed E-state index contributed by atoms with van der Waals surface area (Å²) in [5.41, 5.74) is 1.29. The van der Waals surface area contributed by atoms with E-state index < -0.39 is 0 Å². The molecule has 0 aliphatic carbocycles. The summed E-state index contributed by atoms with van der Waals surface area (Å²) >= 11 is 0. The van der Waals surface area contributed by atoms with Crippen LogP contribution in [0.25, 0.3) is 0 Å². The van der Waals surface area contributed by atoms with Crippen LogP contribution in [0.1, 0.15) is 31.7 Å². The Labute approximate surface area is 116 Å². The van der Waals surface area contributed by atoms with Crippen LogP contribution in [-0.2, 0) is 13.5 Å². The predicted octanol–water partition coefficient (Wildman–Crippen LogP) is 1.66. The number of aryl methyl sites for hydroxylation is 2. The van der Waals surface area contributed by atoms with Crippen molar-refractivity contribution in [2.45, 2.75) is 32.6 Å². The molecule has 0 saturated heterocycles. The van der Waals surface area contributed by atoms with Crippen molar-refractivity contribution >= 4 is 5.96 Å². The van der Waals surface area contributed by atoms with Gasteiger partial charge in [-0.15, -0.1) is 0 Å². The summed E-state index contributed by atoms with van der Waals surface area (Å²) in [6, 6.07) is 0. The summed E-state index contributed by atoms with van der Waals surface area (Å²) in [6.07, 6.45) is 8.56. The molecule has 0 fully saturated rings. The van der Waals surface area contributed by atoms with E-state index in [9.17, 15) is 0 Å². The van der Waals surface area contributed by atoms with Crippen molar-refractivity contribution in [1.29, 1.82) is 0 Å². The van der Waals surface area contributed by atoms with E-state index in [4.69, 9.17) is 0 Å². The fraction of sp³-hybridized carbons (Fsp3) is 0.714. The monoisotopic (exact) mass is 265 g/mol. The molecule has 1 N–H and O–H groups in total. The first-order valence-electron chi connectivity index (χ1n) is 7.06. The third-order valence-electron chi connectivity index (χ3n) is 3.10. The van der Waals surface area contributed by atoms with Crippen LogP contribution < -0.4 is 5.32 Å². The van der Waals surface area contributed by atoms with Crippen LogP contribution in [0.3, 0.4) is 0 Å². The summed E-state index contributed by atoms with van der Waals surface area (Å²) in [7, 11) is 5.88. The third kappa shape index (κ3) is 5.77. The Morgan fingerprint density at radius 2 is 2.26 bits per heavy atom. The molecule has 0 radical (unpaired) electrons. The smallest absolute Gasteiger partial charge is 0.193 e. The highest BCUT2D eigenvalue weighted by Crippen LogP contribution is 2.00. The van der Waals surface area contributed by atoms with Crippen molar-refractivity contribution < 1.29 is 0 Å². The van der Waals surface area contributed by atoms with Crippen molar-refractivity contribution in [2.24, 2.45) is 12.0 Å². The zero-order valence-electron chi connectivity index (χ0n) is 12.7. The average Bonchev–Trinajstić information content (AvgIpc) is 2.82. The van der Waals surface area contributed by atoms with Gasteiger partial charge in [-0.3, -0.25) is 9.67 Å². The molecule has 0 atom stereocenters. The van der Waals surface area contributed by atoms with Crippen molar-refractivity contribution in [2.75, 3.05) is 27.2 Å². The second-order valence-electron chi connectivity index (χ2n) is 4.87. The van der Waals surface area contributed by atoms with Crippen LogP contribution in [-0.4, -0.2) is 47.8 Å². The van der Waals surface area contributed by atoms with Gasteiger partial charge in [0.15, 0.2) is 5.96 Å². The Balaban J connectivity index is 2.22. The van der Waals surface area contributed by atoms with E-state index in [1.165, 1.54) is 18.4 Å². The number of hydrogen-bond acceptors (Lipinski definition) is 2. The summed E-state index contributed by atoms with van der Waals surface area (Å²) in [4.78, 5) is 6.49. The number of unbranched alkanes of at least 4 members (excludes halogenated alkanes) is 1. The lowest BCUT2D eigenvalue weighted by molar-refractivity contribution is 0.464. The van der Waals surface area contributed by atoms with Gasteiger partial charge >= 0.3 is 0 Å². The van der Waals surface area contributed by atoms with Gasteiger partial charge in [-0.05, 0) is 24.8 Å². The fourth-order valence-electron chi connectivity index (χ4n) is 1.98. The average molecular weight is 265 g/mol. The highest BCUT2D eigenvalue weighted by molar-refractivity contribution is 5.79. The van der Waals surface area contributed by atoms with Crippen LogP contribution in [0.5, 0.6) is 0 Å². The fourth-order valence-corrected chi connectivity index (χ4v) is 1.98. The topological polar surface area (TPSA) is 45.4 Å². The molecule has 0 aliphatic rings. The van der Waals surface area contributed by atoms with E-state index in [1.807, 2.05) is 25.0 Å². The molecule has 0 bridgehead atoms. The van der Waals surface area contributed by atoms with Gasteiger partial charge in [-0.1, -0.05) is 13.3 Å². The number of aromatic nitrogens is 2. The molecule has 0 spiro atoms. The van der Waals surface area contributed by atoms with Gasteiger partial charge in [0.25, 0.3) is 0 Å². The first-order valence-corrected chi connectivity index (χ1v) is 7.06. The minimum Gasteiger partial charge on any atom is -0.356 e. The van der Waals surface area contributed by atoms with Crippen molar-refractivity contribution in [3.05, 3.63) is 18.0 Å². The molecule has 0 amide bonds. The summed E-state index contributed by atoms with van der Waals surface area (Å²) in [5, 5.41) is 7.58. The Hall–Kier alpha value is -1.52. The molecule has 0 unspecified atom stereocenters. The lowest BCUT2D eigenvalue weighted by Crippen LogP contribution is -2.39. The van der Waals surface area contributed by atoms with E-state index in [0.29, 0.717) is 0 Å². The molecule has 1 aromatic heterocycles. The number of guanidine groups is 1. The molecule has 5 nitrogen and oxygen atoms in total. The molecule has 0 aromatic carbocycles. The van der Waals surface area contributed by atoms with Gasteiger partial charge in [0, 0.05) is 40.4 Å². The maximum Gasteiger partial charge on any atom is 0.193 e. The van der Waals surface area contributed by atoms with E-state index in [-0.39, 0.29) is 0 Å². The van der Waals surface area contributed by atoms with Crippen molar-refractivity contribution in [1.82, 2.24) is 20.0 Å². The molecular weight excluding hydrogens is 238 g/mol. The summed E-state index contributed by atoms with van der Waals surface area (Å²) in [5.74, 6) is 0.986. The van der Waals surface area contributed by atoms with Crippen LogP contribution in [0.15, 0.2) is 17.4 Å². The molecule has 108 valence electrons. The van der Waals surface area contributed by atoms with Crippen molar-refractivity contribution in [3.8, 4) is 0 Å². The molecule has 5 heteroatoms. The van der Waals surface area contributed by atoms with E-state index in [0.717, 1.165) is 31.9 Å². The first kappa shape index (κ1) is 15.5. The number of rotatable bonds is 7. The molecule has 19 heavy (non-hydrogen) atoms. The molecule has 0 saturated carbocycles. The van der Waals surface area contributed by atoms with Gasteiger partial charge in [-0.2, -0.15) is 5.10 Å². The third-order valence-corrected chi connectivity index (χ3v) is 3.10. The molecule has 1 heterocycles. The number of hydrogen-bond donors (Lipinski definition) is 1. The first-order chi connectivity index (χ1) is 9.17. The van der Waals surface area contributed by atoms with Gasteiger partial charge in [0.05, 0.1) is 6.20 Å². The zero-order chi connectivity index (χ0) is 14.1. The summed E-state index contributed by atoms with van der Waals surface area (Å²) in [6.45, 7) is 4.20. The zero-order valence-corrected chi connectivity index (χ0v) is 12.7. The molecule has 1 aromatic rings. The Bertz CT molecular complexity index is 383. The highest BCUT2D eigenvalue weighted by atomic mass is 15.3. The van der Waals surface area contributed by atoms with Crippen LogP contribution >= 0.6 is 0 Å². The second kappa shape index (κ2) is 8.56. The van der Waals surface area contributed by atoms with Gasteiger partial charge < -0.3 is 10.2 Å². The lowest BCUT2D eigenvalue weighted by atomic mass is 10.2. The maximum atomic E-state index is 4.30. The molecular formula is C14H27N5. The Morgan fingerprint density at radius 1 is 1.47 bits per heavy atom. The van der Waals surface area contributed by atoms with Crippen LogP contribution in [0.2, 0.25) is 0 Å². The van der Waals surface area contributed by atoms with E-state index in [1.54, 1.807) is 0 Å². The standard InChI is InChI=1S/C14H27N5/c1-5-6-10-18(3)14(15-2)16-9-7-8-13-11-17-19(4)12-13/h11-12H,5-10H2,1-4H3,(H,15,16). The second-order valence-corrected chi connectivity index (χ2v) is 4.87. The molecule has 0 aliphatic heterocycles. The minimum atomic E-state index is 0.942. The van der Waals surface area contributed by atoms with Gasteiger partial charge in [0.2, 0.25) is 0 Å². The van der Waals surface area contributed by atoms with Gasteiger partial charge in [0.1, 0.15) is 0 Å².